The summed E-state index contributed by atoms with van der Waals surface area (Å²) in [7, 11) is -10.0. The lowest BCUT2D eigenvalue weighted by Crippen LogP contribution is -2.30. The second-order valence-electron chi connectivity index (χ2n) is 26.9. The highest BCUT2D eigenvalue weighted by Crippen LogP contribution is 2.45. The van der Waals surface area contributed by atoms with E-state index in [0.717, 1.165) is 154 Å². The molecular weight excluding hydrogens is 1450 g/mol. The van der Waals surface area contributed by atoms with Gasteiger partial charge in [-0.05, 0) is 193 Å². The molecule has 3 N–H and O–H groups in total. The van der Waals surface area contributed by atoms with E-state index in [1.807, 2.05) is 24.3 Å². The van der Waals surface area contributed by atoms with Gasteiger partial charge in [0.25, 0.3) is 0 Å². The lowest BCUT2D eigenvalue weighted by molar-refractivity contribution is -0.161. The van der Waals surface area contributed by atoms with Crippen LogP contribution in [0.15, 0.2) is 219 Å². The molecule has 0 heterocycles. The maximum atomic E-state index is 13.1. The predicted molar refractivity (Wildman–Crippen MR) is 463 cm³/mol. The molecule has 0 aromatic heterocycles. The van der Waals surface area contributed by atoms with Gasteiger partial charge in [0.2, 0.25) is 0 Å². The van der Waals surface area contributed by atoms with Crippen LogP contribution in [0.1, 0.15) is 285 Å². The van der Waals surface area contributed by atoms with Gasteiger partial charge in [0.15, 0.2) is 12.2 Å². The van der Waals surface area contributed by atoms with Gasteiger partial charge < -0.3 is 33.8 Å². The molecule has 0 aliphatic rings. The lowest BCUT2D eigenvalue weighted by atomic mass is 10.1. The van der Waals surface area contributed by atoms with E-state index >= 15 is 0 Å². The molecule has 0 bridgehead atoms. The van der Waals surface area contributed by atoms with E-state index in [2.05, 4.69) is 222 Å². The van der Waals surface area contributed by atoms with Crippen LogP contribution in [0.3, 0.4) is 0 Å². The monoisotopic (exact) mass is 1600 g/mol. The third kappa shape index (κ3) is 81.4. The molecule has 0 aromatic carbocycles. The molecule has 112 heavy (non-hydrogen) atoms. The van der Waals surface area contributed by atoms with Crippen molar-refractivity contribution in [2.24, 2.45) is 0 Å². The van der Waals surface area contributed by atoms with Crippen molar-refractivity contribution in [3.05, 3.63) is 219 Å². The van der Waals surface area contributed by atoms with Gasteiger partial charge in [0.1, 0.15) is 19.3 Å². The Labute approximate surface area is 677 Å². The van der Waals surface area contributed by atoms with Gasteiger partial charge in [-0.2, -0.15) is 0 Å². The summed E-state index contributed by atoms with van der Waals surface area (Å²) in [6.07, 6.45) is 105. The molecule has 0 rings (SSSR count). The third-order valence-electron chi connectivity index (χ3n) is 16.4. The molecule has 0 fully saturated rings. The zero-order valence-corrected chi connectivity index (χ0v) is 70.8. The topological polar surface area (TPSA) is 237 Å². The van der Waals surface area contributed by atoms with E-state index < -0.39 is 97.5 Å². The van der Waals surface area contributed by atoms with Crippen molar-refractivity contribution < 1.29 is 80.2 Å². The Morgan fingerprint density at radius 2 is 0.473 bits per heavy atom. The summed E-state index contributed by atoms with van der Waals surface area (Å²) in [5.74, 6) is -2.41. The summed E-state index contributed by atoms with van der Waals surface area (Å²) < 4.78 is 68.6. The van der Waals surface area contributed by atoms with Crippen LogP contribution in [0, 0.1) is 0 Å². The second-order valence-corrected chi connectivity index (χ2v) is 29.8. The minimum atomic E-state index is -5.02. The first-order valence-corrected chi connectivity index (χ1v) is 45.0. The van der Waals surface area contributed by atoms with Crippen molar-refractivity contribution in [3.63, 3.8) is 0 Å². The quantitative estimate of drug-likeness (QED) is 0.0169. The summed E-state index contributed by atoms with van der Waals surface area (Å²) in [5, 5.41) is 10.7. The van der Waals surface area contributed by atoms with Crippen molar-refractivity contribution in [1.29, 1.82) is 0 Å². The summed E-state index contributed by atoms with van der Waals surface area (Å²) in [4.78, 5) is 73.2. The van der Waals surface area contributed by atoms with Crippen molar-refractivity contribution in [3.8, 4) is 0 Å². The Morgan fingerprint density at radius 3 is 0.723 bits per heavy atom. The average molecular weight is 1600 g/mol. The van der Waals surface area contributed by atoms with Gasteiger partial charge in [-0.1, -0.05) is 285 Å². The summed E-state index contributed by atoms with van der Waals surface area (Å²) in [5.41, 5.74) is 0. The summed E-state index contributed by atoms with van der Waals surface area (Å²) >= 11 is 0. The molecule has 0 radical (unpaired) electrons. The highest BCUT2D eigenvalue weighted by molar-refractivity contribution is 7.47. The van der Waals surface area contributed by atoms with Gasteiger partial charge in [0.05, 0.1) is 26.4 Å². The van der Waals surface area contributed by atoms with E-state index in [-0.39, 0.29) is 25.7 Å². The fourth-order valence-electron chi connectivity index (χ4n) is 10.1. The maximum absolute atomic E-state index is 13.1. The van der Waals surface area contributed by atoms with E-state index in [9.17, 15) is 43.2 Å². The number of allylic oxidation sites excluding steroid dienone is 36. The van der Waals surface area contributed by atoms with Crippen molar-refractivity contribution in [2.45, 2.75) is 303 Å². The third-order valence-corrected chi connectivity index (χ3v) is 18.3. The Bertz CT molecular complexity index is 2790. The number of rotatable bonds is 76. The Kier molecular flexibility index (Phi) is 77.5. The lowest BCUT2D eigenvalue weighted by Gasteiger charge is -2.21. The number of phosphoric ester groups is 2. The van der Waals surface area contributed by atoms with Gasteiger partial charge in [0, 0.05) is 25.7 Å². The average Bonchev–Trinajstić information content (AvgIpc) is 0.898. The number of hydrogen-bond donors (Lipinski definition) is 3. The van der Waals surface area contributed by atoms with Crippen LogP contribution in [0.5, 0.6) is 0 Å². The smallest absolute Gasteiger partial charge is 0.462 e. The highest BCUT2D eigenvalue weighted by Gasteiger charge is 2.30. The van der Waals surface area contributed by atoms with E-state index in [1.54, 1.807) is 0 Å². The first-order valence-electron chi connectivity index (χ1n) is 42.0. The second kappa shape index (κ2) is 82.4. The first-order chi connectivity index (χ1) is 54.7. The van der Waals surface area contributed by atoms with Crippen LogP contribution in [0.4, 0.5) is 0 Å². The molecule has 4 atom stereocenters. The van der Waals surface area contributed by atoms with Crippen LogP contribution in [-0.4, -0.2) is 96.7 Å². The highest BCUT2D eigenvalue weighted by atomic mass is 31.2. The number of phosphoric acid groups is 2. The fraction of sp³-hybridized carbons (Fsp3) is 0.570. The first kappa shape index (κ1) is 105. The molecule has 0 saturated heterocycles. The molecule has 630 valence electrons. The van der Waals surface area contributed by atoms with Crippen LogP contribution in [0.2, 0.25) is 0 Å². The molecule has 0 aromatic rings. The van der Waals surface area contributed by atoms with Crippen LogP contribution < -0.4 is 0 Å². The molecule has 0 aliphatic heterocycles. The van der Waals surface area contributed by atoms with Crippen LogP contribution in [0.25, 0.3) is 0 Å². The maximum Gasteiger partial charge on any atom is 0.472 e. The fourth-order valence-corrected chi connectivity index (χ4v) is 11.7. The predicted octanol–water partition coefficient (Wildman–Crippen LogP) is 25.2. The van der Waals surface area contributed by atoms with Crippen LogP contribution >= 0.6 is 15.6 Å². The van der Waals surface area contributed by atoms with Gasteiger partial charge in [-0.3, -0.25) is 37.3 Å². The number of hydrogen-bond acceptors (Lipinski definition) is 15. The van der Waals surface area contributed by atoms with Crippen molar-refractivity contribution >= 4 is 39.5 Å². The van der Waals surface area contributed by atoms with Gasteiger partial charge in [-0.15, -0.1) is 0 Å². The number of aliphatic hydroxyl groups excluding tert-OH is 1. The van der Waals surface area contributed by atoms with Gasteiger partial charge in [-0.25, -0.2) is 9.13 Å². The minimum absolute atomic E-state index is 0.0323. The zero-order valence-electron chi connectivity index (χ0n) is 69.0. The summed E-state index contributed by atoms with van der Waals surface area (Å²) in [6.45, 7) is 4.36. The number of esters is 4. The van der Waals surface area contributed by atoms with E-state index in [1.165, 1.54) is 38.5 Å². The Hall–Kier alpha value is -6.62. The number of carbonyl (C=O) groups is 4. The van der Waals surface area contributed by atoms with Gasteiger partial charge >= 0.3 is 39.5 Å². The molecule has 2 unspecified atom stereocenters. The number of carbonyl (C=O) groups excluding carboxylic acids is 4. The number of unbranched alkanes of at least 4 members (excludes halogenated alkanes) is 14. The van der Waals surface area contributed by atoms with E-state index in [4.69, 9.17) is 37.0 Å². The van der Waals surface area contributed by atoms with E-state index in [0.29, 0.717) is 38.5 Å². The molecule has 0 amide bonds. The summed E-state index contributed by atoms with van der Waals surface area (Å²) in [6, 6.07) is 0. The SMILES string of the molecule is CC/C=C\C/C=C\C/C=C\C/C=C\C/C=C\CCCCCC(=O)O[C@H](COC(=O)CCC/C=C\C/C=C\C/C=C\C/C=C\CCCCC)COP(=O)(O)OCC(O)COP(=O)(O)OC[C@@H](COC(=O)CCC/C=C\C/C=C\C/C=C\C/C=C\CCCCC)OC(=O)CCCCC/C=C\C/C=C\C/C=C\C/C=C\C/C=C\CC. The Morgan fingerprint density at radius 1 is 0.259 bits per heavy atom. The molecule has 19 heteroatoms. The van der Waals surface area contributed by atoms with Crippen molar-refractivity contribution in [1.82, 2.24) is 0 Å². The zero-order chi connectivity index (χ0) is 81.7. The minimum Gasteiger partial charge on any atom is -0.462 e. The van der Waals surface area contributed by atoms with Crippen LogP contribution in [-0.2, 0) is 65.4 Å². The van der Waals surface area contributed by atoms with Crippen molar-refractivity contribution in [2.75, 3.05) is 39.6 Å². The standard InChI is InChI=1S/C93H146O17P2/c1-5-9-13-17-21-25-29-33-37-41-43-47-51-55-59-63-67-71-75-79-92(97)109-88(83-103-90(95)77-73-69-65-61-57-53-49-45-39-35-31-27-23-19-15-11-7-3)85-107-111(99,100)105-81-87(94)82-106-112(101,102)108-86-89(84-104-91(96)78-74-70-66-62-58-54-50-46-40-36-32-28-24-20-16-12-8-4)110-93(98)80-76-72-68-64-60-56-52-48-44-42-38-34-30-26-22-18-14-10-6-2/h9-10,13-14,21-28,33-40,43-44,47-50,53-56,59-62,65-66,87-89,94H,5-8,11-12,15-20,29-32,41-42,45-46,51-52,57-58,63-64,67-86H2,1-4H3,(H,99,100)(H,101,102)/b13-9-,14-10-,25-21-,26-22-,27-23-,28-24-,37-33-,38-34-,39-35-,40-36-,47-43-,48-44-,53-49-,54-50-,59-55-,60-56-,65-61-,66-62-/t88-,89-/m1/s1. The molecular formula is C93H146O17P2. The normalized spacial score (nSPS) is 14.9. The molecule has 0 saturated carbocycles. The molecule has 0 aliphatic carbocycles. The number of ether oxygens (including phenoxy) is 4. The number of aliphatic hydroxyl groups is 1. The Balaban J connectivity index is 5.59. The largest absolute Gasteiger partial charge is 0.472 e. The molecule has 17 nitrogen and oxygen atoms in total. The molecule has 0 spiro atoms.